The fourth-order valence-electron chi connectivity index (χ4n) is 1.99. The molecule has 0 bridgehead atoms. The van der Waals surface area contributed by atoms with Crippen molar-refractivity contribution < 1.29 is 13.2 Å². The third-order valence-electron chi connectivity index (χ3n) is 3.26. The lowest BCUT2D eigenvalue weighted by Crippen LogP contribution is -2.31. The van der Waals surface area contributed by atoms with E-state index in [1.165, 1.54) is 12.1 Å². The van der Waals surface area contributed by atoms with Crippen LogP contribution in [0.25, 0.3) is 0 Å². The van der Waals surface area contributed by atoms with E-state index in [1.54, 1.807) is 23.9 Å². The molecule has 2 aromatic carbocycles. The maximum absolute atomic E-state index is 12.1. The minimum Gasteiger partial charge on any atom is -0.355 e. The molecule has 0 fully saturated rings. The quantitative estimate of drug-likeness (QED) is 0.468. The number of nitrogens with one attached hydrogen (secondary N) is 2. The van der Waals surface area contributed by atoms with E-state index in [9.17, 15) is 13.2 Å². The summed E-state index contributed by atoms with van der Waals surface area (Å²) in [6.07, 6.45) is 0.0609. The number of halogens is 2. The molecular weight excluding hydrogens is 415 g/mol. The summed E-state index contributed by atoms with van der Waals surface area (Å²) in [4.78, 5) is 12.9. The molecule has 0 aliphatic rings. The number of thioether (sulfide) groups is 1. The van der Waals surface area contributed by atoms with Crippen LogP contribution < -0.4 is 10.0 Å². The van der Waals surface area contributed by atoms with E-state index >= 15 is 0 Å². The first-order valence-corrected chi connectivity index (χ1v) is 11.0. The van der Waals surface area contributed by atoms with E-state index in [0.717, 1.165) is 4.90 Å². The highest BCUT2D eigenvalue weighted by Crippen LogP contribution is 2.19. The van der Waals surface area contributed by atoms with Crippen LogP contribution in [0.2, 0.25) is 10.0 Å². The minimum absolute atomic E-state index is 0.0189. The number of benzene rings is 2. The number of sulfonamides is 1. The average molecular weight is 433 g/mol. The molecule has 5 nitrogen and oxygen atoms in total. The van der Waals surface area contributed by atoms with Crippen molar-refractivity contribution in [2.24, 2.45) is 0 Å². The van der Waals surface area contributed by atoms with Crippen LogP contribution in [-0.4, -0.2) is 33.2 Å². The summed E-state index contributed by atoms with van der Waals surface area (Å²) in [7, 11) is -3.67. The molecule has 9 heteroatoms. The van der Waals surface area contributed by atoms with Gasteiger partial charge in [-0.05, 0) is 42.5 Å². The Bertz CT molecular complexity index is 843. The van der Waals surface area contributed by atoms with Gasteiger partial charge < -0.3 is 5.32 Å². The first kappa shape index (κ1) is 21.1. The van der Waals surface area contributed by atoms with Crippen LogP contribution in [0.1, 0.15) is 6.42 Å². The molecule has 0 saturated heterocycles. The number of hydrogen-bond acceptors (Lipinski definition) is 4. The van der Waals surface area contributed by atoms with Gasteiger partial charge in [-0.25, -0.2) is 13.1 Å². The number of carbonyl (C=O) groups excluding carboxylic acids is 1. The molecule has 0 aliphatic carbocycles. The van der Waals surface area contributed by atoms with E-state index in [4.69, 9.17) is 23.2 Å². The van der Waals surface area contributed by atoms with Crippen LogP contribution in [0.15, 0.2) is 58.3 Å². The predicted octanol–water partition coefficient (Wildman–Crippen LogP) is 3.57. The molecule has 140 valence electrons. The van der Waals surface area contributed by atoms with Crippen LogP contribution in [0, 0.1) is 0 Å². The molecule has 0 aromatic heterocycles. The molecule has 0 spiro atoms. The second kappa shape index (κ2) is 10.2. The summed E-state index contributed by atoms with van der Waals surface area (Å²) in [5.41, 5.74) is 0. The molecule has 0 aliphatic heterocycles. The van der Waals surface area contributed by atoms with E-state index in [2.05, 4.69) is 10.0 Å². The van der Waals surface area contributed by atoms with Crippen molar-refractivity contribution in [3.05, 3.63) is 58.6 Å². The third kappa shape index (κ3) is 7.17. The van der Waals surface area contributed by atoms with Crippen LogP contribution in [0.4, 0.5) is 0 Å². The molecule has 0 atom stereocenters. The van der Waals surface area contributed by atoms with Crippen molar-refractivity contribution in [2.45, 2.75) is 16.2 Å². The van der Waals surface area contributed by atoms with Crippen LogP contribution in [0.3, 0.4) is 0 Å². The fourth-order valence-corrected chi connectivity index (χ4v) is 4.22. The van der Waals surface area contributed by atoms with Gasteiger partial charge in [-0.2, -0.15) is 0 Å². The van der Waals surface area contributed by atoms with Gasteiger partial charge in [0, 0.05) is 40.2 Å². The molecule has 2 rings (SSSR count). The van der Waals surface area contributed by atoms with Gasteiger partial charge in [0.05, 0.1) is 4.90 Å². The summed E-state index contributed by atoms with van der Waals surface area (Å²) >= 11 is 13.2. The fraction of sp³-hybridized carbons (Fsp3) is 0.235. The van der Waals surface area contributed by atoms with Gasteiger partial charge in [0.15, 0.2) is 0 Å². The Morgan fingerprint density at radius 3 is 2.42 bits per heavy atom. The zero-order valence-electron chi connectivity index (χ0n) is 13.7. The Kier molecular flexibility index (Phi) is 8.24. The summed E-state index contributed by atoms with van der Waals surface area (Å²) in [6, 6.07) is 13.4. The van der Waals surface area contributed by atoms with Crippen LogP contribution >= 0.6 is 35.0 Å². The zero-order valence-corrected chi connectivity index (χ0v) is 16.9. The second-order valence-electron chi connectivity index (χ2n) is 5.26. The molecule has 0 radical (unpaired) electrons. The van der Waals surface area contributed by atoms with Crippen molar-refractivity contribution in [2.75, 3.05) is 18.8 Å². The SMILES string of the molecule is O=C(CCNS(=O)(=O)c1cccc(Cl)c1)NCCSc1ccc(Cl)cc1. The molecule has 26 heavy (non-hydrogen) atoms. The maximum atomic E-state index is 12.1. The second-order valence-corrected chi connectivity index (χ2v) is 9.07. The van der Waals surface area contributed by atoms with Crippen molar-refractivity contribution in [1.29, 1.82) is 0 Å². The number of amides is 1. The molecule has 2 N–H and O–H groups in total. The highest BCUT2D eigenvalue weighted by molar-refractivity contribution is 7.99. The Hall–Kier alpha value is -1.25. The topological polar surface area (TPSA) is 75.3 Å². The summed E-state index contributed by atoms with van der Waals surface area (Å²) in [6.45, 7) is 0.512. The van der Waals surface area contributed by atoms with Crippen molar-refractivity contribution in [3.63, 3.8) is 0 Å². The van der Waals surface area contributed by atoms with Crippen molar-refractivity contribution in [3.8, 4) is 0 Å². The summed E-state index contributed by atoms with van der Waals surface area (Å²) in [5.74, 6) is 0.497. The standard InChI is InChI=1S/C17H18Cl2N2O3S2/c18-13-4-6-15(7-5-13)25-11-10-20-17(22)8-9-21-26(23,24)16-3-1-2-14(19)12-16/h1-7,12,21H,8-11H2,(H,20,22). The first-order valence-electron chi connectivity index (χ1n) is 7.77. The van der Waals surface area contributed by atoms with Crippen molar-refractivity contribution >= 4 is 50.9 Å². The monoisotopic (exact) mass is 432 g/mol. The molecule has 0 heterocycles. The van der Waals surface area contributed by atoms with E-state index < -0.39 is 10.0 Å². The van der Waals surface area contributed by atoms with Gasteiger partial charge in [0.25, 0.3) is 0 Å². The van der Waals surface area contributed by atoms with Gasteiger partial charge in [-0.1, -0.05) is 29.3 Å². The smallest absolute Gasteiger partial charge is 0.240 e. The van der Waals surface area contributed by atoms with Crippen LogP contribution in [0.5, 0.6) is 0 Å². The van der Waals surface area contributed by atoms with E-state index in [0.29, 0.717) is 22.3 Å². The molecule has 1 amide bonds. The average Bonchev–Trinajstić information content (AvgIpc) is 2.60. The number of hydrogen-bond donors (Lipinski definition) is 2. The third-order valence-corrected chi connectivity index (χ3v) is 6.22. The first-order chi connectivity index (χ1) is 12.4. The zero-order chi connectivity index (χ0) is 19.0. The lowest BCUT2D eigenvalue weighted by atomic mass is 10.4. The normalized spacial score (nSPS) is 11.3. The van der Waals surface area contributed by atoms with Gasteiger partial charge in [-0.3, -0.25) is 4.79 Å². The summed E-state index contributed by atoms with van der Waals surface area (Å²) in [5, 5.41) is 3.78. The lowest BCUT2D eigenvalue weighted by Gasteiger charge is -2.08. The molecular formula is C17H18Cl2N2O3S2. The lowest BCUT2D eigenvalue weighted by molar-refractivity contribution is -0.120. The van der Waals surface area contributed by atoms with Crippen molar-refractivity contribution in [1.82, 2.24) is 10.0 Å². The minimum atomic E-state index is -3.67. The Morgan fingerprint density at radius 2 is 1.73 bits per heavy atom. The molecule has 0 saturated carbocycles. The van der Waals surface area contributed by atoms with E-state index in [-0.39, 0.29) is 23.8 Å². The highest BCUT2D eigenvalue weighted by atomic mass is 35.5. The van der Waals surface area contributed by atoms with Crippen LogP contribution in [-0.2, 0) is 14.8 Å². The molecule has 0 unspecified atom stereocenters. The van der Waals surface area contributed by atoms with Gasteiger partial charge in [-0.15, -0.1) is 11.8 Å². The number of rotatable bonds is 9. The molecule has 2 aromatic rings. The van der Waals surface area contributed by atoms with Gasteiger partial charge in [0.1, 0.15) is 0 Å². The Labute approximate surface area is 167 Å². The van der Waals surface area contributed by atoms with Gasteiger partial charge >= 0.3 is 0 Å². The Balaban J connectivity index is 1.66. The number of carbonyl (C=O) groups is 1. The Morgan fingerprint density at radius 1 is 1.00 bits per heavy atom. The van der Waals surface area contributed by atoms with E-state index in [1.807, 2.05) is 24.3 Å². The predicted molar refractivity (Wildman–Crippen MR) is 106 cm³/mol. The largest absolute Gasteiger partial charge is 0.355 e. The summed E-state index contributed by atoms with van der Waals surface area (Å²) < 4.78 is 26.6. The maximum Gasteiger partial charge on any atom is 0.240 e. The highest BCUT2D eigenvalue weighted by Gasteiger charge is 2.14. The van der Waals surface area contributed by atoms with Gasteiger partial charge in [0.2, 0.25) is 15.9 Å².